The summed E-state index contributed by atoms with van der Waals surface area (Å²) in [5.74, 6) is 0. The van der Waals surface area contributed by atoms with Gasteiger partial charge in [0, 0.05) is 6.04 Å². The number of hydrogen-bond donors (Lipinski definition) is 1. The molecular formula is C19H33N. The van der Waals surface area contributed by atoms with Gasteiger partial charge in [0.15, 0.2) is 0 Å². The maximum absolute atomic E-state index is 3.49. The maximum Gasteiger partial charge on any atom is 0.0153 e. The first kappa shape index (κ1) is 17.2. The summed E-state index contributed by atoms with van der Waals surface area (Å²) in [5, 5.41) is 3.49. The zero-order valence-electron chi connectivity index (χ0n) is 14.9. The van der Waals surface area contributed by atoms with Gasteiger partial charge in [-0.25, -0.2) is 0 Å². The quantitative estimate of drug-likeness (QED) is 0.837. The highest BCUT2D eigenvalue weighted by Gasteiger charge is 2.25. The molecule has 0 saturated heterocycles. The highest BCUT2D eigenvalue weighted by atomic mass is 14.9. The predicted octanol–water partition coefficient (Wildman–Crippen LogP) is 4.78. The van der Waals surface area contributed by atoms with E-state index in [0.29, 0.717) is 6.04 Å². The highest BCUT2D eigenvalue weighted by molar-refractivity contribution is 5.41. The van der Waals surface area contributed by atoms with E-state index in [1.54, 1.807) is 0 Å². The van der Waals surface area contributed by atoms with Crippen LogP contribution in [-0.4, -0.2) is 13.1 Å². The first-order valence-electron chi connectivity index (χ1n) is 7.74. The number of aryl methyl sites for hydroxylation is 2. The molecule has 0 radical (unpaired) electrons. The largest absolute Gasteiger partial charge is 0.316 e. The van der Waals surface area contributed by atoms with Gasteiger partial charge < -0.3 is 5.32 Å². The van der Waals surface area contributed by atoms with Crippen LogP contribution in [-0.2, 0) is 11.8 Å². The van der Waals surface area contributed by atoms with Gasteiger partial charge in [-0.3, -0.25) is 0 Å². The Kier molecular flexibility index (Phi) is 5.08. The van der Waals surface area contributed by atoms with Crippen LogP contribution in [0.4, 0.5) is 0 Å². The predicted molar refractivity (Wildman–Crippen MR) is 90.6 cm³/mol. The van der Waals surface area contributed by atoms with Crippen molar-refractivity contribution in [2.45, 2.75) is 73.3 Å². The van der Waals surface area contributed by atoms with Gasteiger partial charge in [0.25, 0.3) is 0 Å². The Morgan fingerprint density at radius 3 is 1.70 bits per heavy atom. The normalized spacial score (nSPS) is 14.4. The topological polar surface area (TPSA) is 12.0 Å². The molecule has 0 aliphatic carbocycles. The second-order valence-electron chi connectivity index (χ2n) is 8.25. The van der Waals surface area contributed by atoms with Crippen LogP contribution in [0.15, 0.2) is 12.1 Å². The van der Waals surface area contributed by atoms with Crippen LogP contribution >= 0.6 is 0 Å². The lowest BCUT2D eigenvalue weighted by Gasteiger charge is -2.32. The third-order valence-electron chi connectivity index (χ3n) is 4.36. The van der Waals surface area contributed by atoms with E-state index in [2.05, 4.69) is 79.9 Å². The lowest BCUT2D eigenvalue weighted by molar-refractivity contribution is 0.279. The van der Waals surface area contributed by atoms with E-state index in [1.807, 2.05) is 0 Å². The van der Waals surface area contributed by atoms with Crippen molar-refractivity contribution in [2.75, 3.05) is 7.05 Å². The van der Waals surface area contributed by atoms with Crippen molar-refractivity contribution in [1.29, 1.82) is 0 Å². The molecule has 1 aromatic rings. The van der Waals surface area contributed by atoms with Gasteiger partial charge in [0.05, 0.1) is 0 Å². The zero-order chi connectivity index (χ0) is 15.7. The molecule has 0 bridgehead atoms. The summed E-state index contributed by atoms with van der Waals surface area (Å²) in [6.07, 6.45) is 1.10. The summed E-state index contributed by atoms with van der Waals surface area (Å²) in [4.78, 5) is 0. The number of likely N-dealkylation sites (N-methyl/N-ethyl adjacent to an activating group) is 1. The van der Waals surface area contributed by atoms with E-state index < -0.39 is 0 Å². The van der Waals surface area contributed by atoms with Crippen molar-refractivity contribution in [3.63, 3.8) is 0 Å². The molecule has 0 aliphatic heterocycles. The second-order valence-corrected chi connectivity index (χ2v) is 8.25. The van der Waals surface area contributed by atoms with Crippen LogP contribution < -0.4 is 5.32 Å². The average Bonchev–Trinajstić information content (AvgIpc) is 2.24. The Morgan fingerprint density at radius 2 is 1.40 bits per heavy atom. The minimum atomic E-state index is 0.223. The third kappa shape index (κ3) is 4.09. The van der Waals surface area contributed by atoms with Crippen LogP contribution in [0.2, 0.25) is 0 Å². The fraction of sp³-hybridized carbons (Fsp3) is 0.684. The first-order chi connectivity index (χ1) is 8.96. The zero-order valence-corrected chi connectivity index (χ0v) is 14.9. The molecule has 20 heavy (non-hydrogen) atoms. The Hall–Kier alpha value is -0.820. The summed E-state index contributed by atoms with van der Waals surface area (Å²) in [7, 11) is 2.07. The van der Waals surface area contributed by atoms with Crippen molar-refractivity contribution >= 4 is 0 Å². The minimum Gasteiger partial charge on any atom is -0.316 e. The number of hydrogen-bond acceptors (Lipinski definition) is 1. The smallest absolute Gasteiger partial charge is 0.0153 e. The lowest BCUT2D eigenvalue weighted by Crippen LogP contribution is -2.40. The van der Waals surface area contributed by atoms with E-state index in [1.165, 1.54) is 22.3 Å². The van der Waals surface area contributed by atoms with Gasteiger partial charge in [-0.15, -0.1) is 0 Å². The second kappa shape index (κ2) is 5.89. The Morgan fingerprint density at radius 1 is 0.950 bits per heavy atom. The van der Waals surface area contributed by atoms with E-state index in [9.17, 15) is 0 Å². The molecule has 1 rings (SSSR count). The Balaban J connectivity index is 3.15. The fourth-order valence-corrected chi connectivity index (χ4v) is 2.79. The molecule has 0 aliphatic rings. The molecule has 114 valence electrons. The molecule has 1 heteroatoms. The van der Waals surface area contributed by atoms with Gasteiger partial charge in [-0.2, -0.15) is 0 Å². The molecule has 0 fully saturated rings. The summed E-state index contributed by atoms with van der Waals surface area (Å²) >= 11 is 0. The van der Waals surface area contributed by atoms with Crippen molar-refractivity contribution in [3.05, 3.63) is 34.4 Å². The minimum absolute atomic E-state index is 0.223. The van der Waals surface area contributed by atoms with Crippen molar-refractivity contribution in [3.8, 4) is 0 Å². The summed E-state index contributed by atoms with van der Waals surface area (Å²) in [6.45, 7) is 18.3. The van der Waals surface area contributed by atoms with Gasteiger partial charge in [0.2, 0.25) is 0 Å². The van der Waals surface area contributed by atoms with Gasteiger partial charge in [-0.05, 0) is 60.4 Å². The molecule has 0 heterocycles. The molecule has 0 saturated carbocycles. The Labute approximate surface area is 126 Å². The van der Waals surface area contributed by atoms with E-state index in [-0.39, 0.29) is 10.8 Å². The molecule has 1 unspecified atom stereocenters. The van der Waals surface area contributed by atoms with E-state index in [4.69, 9.17) is 0 Å². The lowest BCUT2D eigenvalue weighted by atomic mass is 9.79. The summed E-state index contributed by atoms with van der Waals surface area (Å²) in [6, 6.07) is 5.25. The van der Waals surface area contributed by atoms with Gasteiger partial charge in [0.1, 0.15) is 0 Å². The van der Waals surface area contributed by atoms with Crippen LogP contribution in [0.5, 0.6) is 0 Å². The average molecular weight is 275 g/mol. The molecule has 1 N–H and O–H groups in total. The molecule has 1 aromatic carbocycles. The van der Waals surface area contributed by atoms with Crippen molar-refractivity contribution < 1.29 is 0 Å². The SMILES string of the molecule is CNC(Cc1c(C)cc(C(C)(C)C)cc1C)C(C)(C)C. The number of benzene rings is 1. The fourth-order valence-electron chi connectivity index (χ4n) is 2.79. The van der Waals surface area contributed by atoms with E-state index >= 15 is 0 Å². The number of nitrogens with one attached hydrogen (secondary N) is 1. The first-order valence-corrected chi connectivity index (χ1v) is 7.74. The maximum atomic E-state index is 3.49. The third-order valence-corrected chi connectivity index (χ3v) is 4.36. The highest BCUT2D eigenvalue weighted by Crippen LogP contribution is 2.29. The molecule has 0 aromatic heterocycles. The Bertz CT molecular complexity index is 435. The van der Waals surface area contributed by atoms with Gasteiger partial charge in [-0.1, -0.05) is 53.7 Å². The molecule has 1 nitrogen and oxygen atoms in total. The molecule has 1 atom stereocenters. The van der Waals surface area contributed by atoms with Crippen molar-refractivity contribution in [1.82, 2.24) is 5.32 Å². The summed E-state index contributed by atoms with van der Waals surface area (Å²) in [5.41, 5.74) is 6.30. The number of rotatable bonds is 3. The van der Waals surface area contributed by atoms with Crippen molar-refractivity contribution in [2.24, 2.45) is 5.41 Å². The van der Waals surface area contributed by atoms with Crippen LogP contribution in [0.25, 0.3) is 0 Å². The van der Waals surface area contributed by atoms with Crippen LogP contribution in [0, 0.1) is 19.3 Å². The standard InChI is InChI=1S/C19H33N/c1-13-10-15(18(3,4)5)11-14(2)16(13)12-17(20-9)19(6,7)8/h10-11,17,20H,12H2,1-9H3. The van der Waals surface area contributed by atoms with Crippen LogP contribution in [0.1, 0.15) is 63.8 Å². The molecule has 0 amide bonds. The van der Waals surface area contributed by atoms with E-state index in [0.717, 1.165) is 6.42 Å². The molecular weight excluding hydrogens is 242 g/mol. The summed E-state index contributed by atoms with van der Waals surface area (Å²) < 4.78 is 0. The molecule has 0 spiro atoms. The monoisotopic (exact) mass is 275 g/mol. The van der Waals surface area contributed by atoms with Crippen LogP contribution in [0.3, 0.4) is 0 Å². The van der Waals surface area contributed by atoms with Gasteiger partial charge >= 0.3 is 0 Å².